The van der Waals surface area contributed by atoms with E-state index < -0.39 is 0 Å². The van der Waals surface area contributed by atoms with Crippen LogP contribution in [0.5, 0.6) is 0 Å². The normalized spacial score (nSPS) is 29.5. The molecule has 3 atom stereocenters. The molecule has 0 aromatic heterocycles. The standard InChI is InChI=1S/C14H29NO2/c1-4-8-15-13-7-6-12(3)11-14(13)17-10-9-16-5-2/h12-15H,4-11H2,1-3H3. The molecule has 0 heterocycles. The Balaban J connectivity index is 2.27. The van der Waals surface area contributed by atoms with Gasteiger partial charge in [-0.15, -0.1) is 0 Å². The minimum atomic E-state index is 0.380. The first-order valence-corrected chi connectivity index (χ1v) is 7.20. The van der Waals surface area contributed by atoms with E-state index in [4.69, 9.17) is 9.47 Å². The Morgan fingerprint density at radius 1 is 1.18 bits per heavy atom. The summed E-state index contributed by atoms with van der Waals surface area (Å²) < 4.78 is 11.3. The lowest BCUT2D eigenvalue weighted by Crippen LogP contribution is -2.45. The zero-order valence-corrected chi connectivity index (χ0v) is 11.7. The monoisotopic (exact) mass is 243 g/mol. The average molecular weight is 243 g/mol. The van der Waals surface area contributed by atoms with Crippen LogP contribution in [0.15, 0.2) is 0 Å². The summed E-state index contributed by atoms with van der Waals surface area (Å²) >= 11 is 0. The van der Waals surface area contributed by atoms with Gasteiger partial charge >= 0.3 is 0 Å². The second-order valence-electron chi connectivity index (χ2n) is 5.09. The van der Waals surface area contributed by atoms with Gasteiger partial charge in [0.1, 0.15) is 0 Å². The van der Waals surface area contributed by atoms with Crippen molar-refractivity contribution in [2.75, 3.05) is 26.4 Å². The molecule has 1 N–H and O–H groups in total. The quantitative estimate of drug-likeness (QED) is 0.665. The zero-order valence-electron chi connectivity index (χ0n) is 11.7. The number of nitrogens with one attached hydrogen (secondary N) is 1. The summed E-state index contributed by atoms with van der Waals surface area (Å²) in [6, 6.07) is 0.549. The predicted octanol–water partition coefficient (Wildman–Crippen LogP) is 2.60. The molecule has 3 nitrogen and oxygen atoms in total. The van der Waals surface area contributed by atoms with E-state index in [1.54, 1.807) is 0 Å². The Kier molecular flexibility index (Phi) is 7.82. The summed E-state index contributed by atoms with van der Waals surface area (Å²) in [5.41, 5.74) is 0. The molecule has 0 saturated heterocycles. The summed E-state index contributed by atoms with van der Waals surface area (Å²) in [6.45, 7) is 9.90. The van der Waals surface area contributed by atoms with E-state index in [1.807, 2.05) is 6.92 Å². The minimum Gasteiger partial charge on any atom is -0.379 e. The molecule has 0 aromatic carbocycles. The van der Waals surface area contributed by atoms with Crippen molar-refractivity contribution in [1.29, 1.82) is 0 Å². The van der Waals surface area contributed by atoms with Crippen LogP contribution in [0.4, 0.5) is 0 Å². The highest BCUT2D eigenvalue weighted by Gasteiger charge is 2.28. The molecular weight excluding hydrogens is 214 g/mol. The Morgan fingerprint density at radius 3 is 2.71 bits per heavy atom. The molecule has 0 aromatic rings. The van der Waals surface area contributed by atoms with Crippen LogP contribution in [-0.4, -0.2) is 38.5 Å². The third kappa shape index (κ3) is 5.84. The van der Waals surface area contributed by atoms with Gasteiger partial charge in [-0.1, -0.05) is 13.8 Å². The molecule has 0 spiro atoms. The first kappa shape index (κ1) is 14.9. The van der Waals surface area contributed by atoms with E-state index in [9.17, 15) is 0 Å². The third-order valence-electron chi connectivity index (χ3n) is 3.47. The van der Waals surface area contributed by atoms with Crippen molar-refractivity contribution in [2.45, 2.75) is 58.6 Å². The molecule has 3 unspecified atom stereocenters. The van der Waals surface area contributed by atoms with Crippen molar-refractivity contribution < 1.29 is 9.47 Å². The lowest BCUT2D eigenvalue weighted by molar-refractivity contribution is -0.0328. The lowest BCUT2D eigenvalue weighted by atomic mass is 9.85. The Labute approximate surface area is 106 Å². The summed E-state index contributed by atoms with van der Waals surface area (Å²) in [5.74, 6) is 0.798. The molecule has 0 bridgehead atoms. The van der Waals surface area contributed by atoms with Crippen LogP contribution in [0.25, 0.3) is 0 Å². The first-order valence-electron chi connectivity index (χ1n) is 7.20. The van der Waals surface area contributed by atoms with Crippen LogP contribution in [0, 0.1) is 5.92 Å². The molecule has 102 valence electrons. The van der Waals surface area contributed by atoms with E-state index in [2.05, 4.69) is 19.2 Å². The van der Waals surface area contributed by atoms with Gasteiger partial charge in [0.15, 0.2) is 0 Å². The van der Waals surface area contributed by atoms with Gasteiger partial charge in [-0.2, -0.15) is 0 Å². The topological polar surface area (TPSA) is 30.5 Å². The van der Waals surface area contributed by atoms with Gasteiger partial charge in [0.05, 0.1) is 19.3 Å². The van der Waals surface area contributed by atoms with Crippen LogP contribution in [0.1, 0.15) is 46.5 Å². The predicted molar refractivity (Wildman–Crippen MR) is 71.3 cm³/mol. The highest BCUT2D eigenvalue weighted by Crippen LogP contribution is 2.26. The van der Waals surface area contributed by atoms with Gasteiger partial charge < -0.3 is 14.8 Å². The van der Waals surface area contributed by atoms with Crippen LogP contribution in [-0.2, 0) is 9.47 Å². The number of hydrogen-bond donors (Lipinski definition) is 1. The second-order valence-corrected chi connectivity index (χ2v) is 5.09. The van der Waals surface area contributed by atoms with E-state index in [1.165, 1.54) is 25.7 Å². The van der Waals surface area contributed by atoms with Crippen molar-refractivity contribution in [3.05, 3.63) is 0 Å². The largest absolute Gasteiger partial charge is 0.379 e. The Hall–Kier alpha value is -0.120. The highest BCUT2D eigenvalue weighted by atomic mass is 16.5. The van der Waals surface area contributed by atoms with Crippen LogP contribution >= 0.6 is 0 Å². The molecule has 17 heavy (non-hydrogen) atoms. The maximum Gasteiger partial charge on any atom is 0.0731 e. The van der Waals surface area contributed by atoms with E-state index >= 15 is 0 Å². The highest BCUT2D eigenvalue weighted by molar-refractivity contribution is 4.84. The maximum absolute atomic E-state index is 5.98. The zero-order chi connectivity index (χ0) is 12.5. The molecule has 3 heteroatoms. The Bertz CT molecular complexity index is 185. The van der Waals surface area contributed by atoms with Gasteiger partial charge in [0.25, 0.3) is 0 Å². The third-order valence-corrected chi connectivity index (χ3v) is 3.47. The maximum atomic E-state index is 5.98. The van der Waals surface area contributed by atoms with Gasteiger partial charge in [0.2, 0.25) is 0 Å². The van der Waals surface area contributed by atoms with Crippen LogP contribution in [0.2, 0.25) is 0 Å². The van der Waals surface area contributed by atoms with Gasteiger partial charge in [-0.25, -0.2) is 0 Å². The lowest BCUT2D eigenvalue weighted by Gasteiger charge is -2.35. The van der Waals surface area contributed by atoms with Gasteiger partial charge in [-0.3, -0.25) is 0 Å². The van der Waals surface area contributed by atoms with E-state index in [0.717, 1.165) is 32.3 Å². The average Bonchev–Trinajstić information content (AvgIpc) is 2.33. The van der Waals surface area contributed by atoms with Crippen molar-refractivity contribution in [2.24, 2.45) is 5.92 Å². The van der Waals surface area contributed by atoms with Crippen LogP contribution < -0.4 is 5.32 Å². The molecule has 0 amide bonds. The van der Waals surface area contributed by atoms with Crippen molar-refractivity contribution in [3.8, 4) is 0 Å². The summed E-state index contributed by atoms with van der Waals surface area (Å²) in [6.07, 6.45) is 5.34. The fourth-order valence-corrected chi connectivity index (χ4v) is 2.48. The van der Waals surface area contributed by atoms with Crippen molar-refractivity contribution in [3.63, 3.8) is 0 Å². The molecule has 1 rings (SSSR count). The molecule has 1 saturated carbocycles. The van der Waals surface area contributed by atoms with Crippen molar-refractivity contribution >= 4 is 0 Å². The summed E-state index contributed by atoms with van der Waals surface area (Å²) in [5, 5.41) is 3.62. The number of rotatable bonds is 8. The van der Waals surface area contributed by atoms with Crippen molar-refractivity contribution in [1.82, 2.24) is 5.32 Å². The van der Waals surface area contributed by atoms with E-state index in [0.29, 0.717) is 12.1 Å². The smallest absolute Gasteiger partial charge is 0.0731 e. The molecule has 1 aliphatic carbocycles. The SMILES string of the molecule is CCCNC1CCC(C)CC1OCCOCC. The molecule has 0 radical (unpaired) electrons. The van der Waals surface area contributed by atoms with Gasteiger partial charge in [0, 0.05) is 12.6 Å². The number of hydrogen-bond acceptors (Lipinski definition) is 3. The summed E-state index contributed by atoms with van der Waals surface area (Å²) in [4.78, 5) is 0. The molecular formula is C14H29NO2. The fourth-order valence-electron chi connectivity index (χ4n) is 2.48. The first-order chi connectivity index (χ1) is 8.27. The Morgan fingerprint density at radius 2 is 2.00 bits per heavy atom. The van der Waals surface area contributed by atoms with Crippen LogP contribution in [0.3, 0.4) is 0 Å². The van der Waals surface area contributed by atoms with Gasteiger partial charge in [-0.05, 0) is 45.1 Å². The molecule has 1 aliphatic rings. The summed E-state index contributed by atoms with van der Waals surface area (Å²) in [7, 11) is 0. The minimum absolute atomic E-state index is 0.380. The van der Waals surface area contributed by atoms with E-state index in [-0.39, 0.29) is 0 Å². The molecule has 0 aliphatic heterocycles. The fraction of sp³-hybridized carbons (Fsp3) is 1.00. The second kappa shape index (κ2) is 8.90. The number of ether oxygens (including phenoxy) is 2. The molecule has 1 fully saturated rings.